The normalized spacial score (nSPS) is 13.1. The lowest BCUT2D eigenvalue weighted by Gasteiger charge is -2.08. The first-order chi connectivity index (χ1) is 9.69. The third kappa shape index (κ3) is 2.50. The molecule has 0 spiro atoms. The van der Waals surface area contributed by atoms with Crippen molar-refractivity contribution in [3.63, 3.8) is 0 Å². The summed E-state index contributed by atoms with van der Waals surface area (Å²) in [7, 11) is 0. The van der Waals surface area contributed by atoms with Crippen LogP contribution in [0.1, 0.15) is 33.4 Å². The maximum Gasteiger partial charge on any atom is 0.180 e. The summed E-state index contributed by atoms with van der Waals surface area (Å²) in [5.74, 6) is 0.935. The highest BCUT2D eigenvalue weighted by Gasteiger charge is 2.22. The molecule has 104 valence electrons. The number of benzene rings is 1. The van der Waals surface area contributed by atoms with E-state index in [9.17, 15) is 4.79 Å². The number of ketones is 1. The lowest BCUT2D eigenvalue weighted by Crippen LogP contribution is -2.06. The molecule has 0 aliphatic carbocycles. The Morgan fingerprint density at radius 1 is 1.50 bits per heavy atom. The van der Waals surface area contributed by atoms with Crippen LogP contribution in [-0.2, 0) is 19.3 Å². The summed E-state index contributed by atoms with van der Waals surface area (Å²) in [5, 5.41) is 3.99. The number of rotatable bonds is 4. The van der Waals surface area contributed by atoms with E-state index in [4.69, 9.17) is 4.74 Å². The topological polar surface area (TPSA) is 52.1 Å². The van der Waals surface area contributed by atoms with E-state index >= 15 is 0 Å². The zero-order valence-corrected chi connectivity index (χ0v) is 13.4. The summed E-state index contributed by atoms with van der Waals surface area (Å²) >= 11 is 4.67. The van der Waals surface area contributed by atoms with Gasteiger partial charge in [-0.3, -0.25) is 4.79 Å². The molecule has 2 aromatic rings. The number of hydrogen-bond acceptors (Lipinski definition) is 5. The van der Waals surface area contributed by atoms with Crippen molar-refractivity contribution in [3.05, 3.63) is 38.3 Å². The molecule has 3 rings (SSSR count). The van der Waals surface area contributed by atoms with Gasteiger partial charge in [0.1, 0.15) is 10.6 Å². The Morgan fingerprint density at radius 3 is 3.15 bits per heavy atom. The second kappa shape index (κ2) is 5.61. The molecule has 20 heavy (non-hydrogen) atoms. The molecule has 0 radical (unpaired) electrons. The van der Waals surface area contributed by atoms with E-state index in [1.807, 2.05) is 13.0 Å². The van der Waals surface area contributed by atoms with E-state index in [1.54, 1.807) is 0 Å². The van der Waals surface area contributed by atoms with E-state index in [1.165, 1.54) is 17.1 Å². The Bertz CT molecular complexity index is 669. The van der Waals surface area contributed by atoms with Crippen LogP contribution in [0.5, 0.6) is 5.75 Å². The summed E-state index contributed by atoms with van der Waals surface area (Å²) in [6.45, 7) is 2.67. The molecule has 2 heterocycles. The van der Waals surface area contributed by atoms with E-state index < -0.39 is 0 Å². The van der Waals surface area contributed by atoms with Gasteiger partial charge in [-0.05, 0) is 35.6 Å². The van der Waals surface area contributed by atoms with Gasteiger partial charge < -0.3 is 4.74 Å². The quantitative estimate of drug-likeness (QED) is 0.792. The van der Waals surface area contributed by atoms with Crippen LogP contribution in [0.4, 0.5) is 0 Å². The number of aromatic nitrogens is 2. The largest absolute Gasteiger partial charge is 0.493 e. The molecular weight excluding hydrogens is 340 g/mol. The molecule has 6 heteroatoms. The summed E-state index contributed by atoms with van der Waals surface area (Å²) in [4.78, 5) is 13.1. The van der Waals surface area contributed by atoms with Crippen molar-refractivity contribution in [1.82, 2.24) is 9.59 Å². The standard InChI is InChI=1S/C14H13BrN2O2S/c1-2-11-14(20-17-16-11)12(18)7-9-6-10(15)5-8-3-4-19-13(8)9/h5-6H,2-4,7H2,1H3. The van der Waals surface area contributed by atoms with Gasteiger partial charge in [-0.15, -0.1) is 5.10 Å². The minimum Gasteiger partial charge on any atom is -0.493 e. The van der Waals surface area contributed by atoms with E-state index in [2.05, 4.69) is 31.6 Å². The van der Waals surface area contributed by atoms with Gasteiger partial charge in [-0.2, -0.15) is 0 Å². The summed E-state index contributed by atoms with van der Waals surface area (Å²) in [6, 6.07) is 4.02. The third-order valence-corrected chi connectivity index (χ3v) is 4.59. The lowest BCUT2D eigenvalue weighted by molar-refractivity contribution is 0.0995. The van der Waals surface area contributed by atoms with Crippen LogP contribution in [0.15, 0.2) is 16.6 Å². The minimum absolute atomic E-state index is 0.0626. The van der Waals surface area contributed by atoms with Crippen molar-refractivity contribution in [2.45, 2.75) is 26.2 Å². The Balaban J connectivity index is 1.90. The van der Waals surface area contributed by atoms with Crippen molar-refractivity contribution in [3.8, 4) is 5.75 Å². The highest BCUT2D eigenvalue weighted by molar-refractivity contribution is 9.10. The predicted octanol–water partition coefficient (Wildman–Crippen LogP) is 3.22. The Morgan fingerprint density at radius 2 is 2.35 bits per heavy atom. The molecule has 0 unspecified atom stereocenters. The van der Waals surface area contributed by atoms with Crippen molar-refractivity contribution in [2.24, 2.45) is 0 Å². The van der Waals surface area contributed by atoms with Crippen LogP contribution in [0, 0.1) is 0 Å². The molecule has 1 aromatic heterocycles. The summed E-state index contributed by atoms with van der Waals surface area (Å²) in [6.07, 6.45) is 1.96. The molecule has 0 saturated carbocycles. The highest BCUT2D eigenvalue weighted by Crippen LogP contribution is 2.34. The number of hydrogen-bond donors (Lipinski definition) is 0. The molecule has 0 N–H and O–H groups in total. The van der Waals surface area contributed by atoms with E-state index in [-0.39, 0.29) is 5.78 Å². The van der Waals surface area contributed by atoms with Crippen LogP contribution in [-0.4, -0.2) is 22.0 Å². The summed E-state index contributed by atoms with van der Waals surface area (Å²) in [5.41, 5.74) is 2.89. The zero-order chi connectivity index (χ0) is 14.1. The third-order valence-electron chi connectivity index (χ3n) is 3.32. The van der Waals surface area contributed by atoms with Gasteiger partial charge in [0.25, 0.3) is 0 Å². The van der Waals surface area contributed by atoms with Crippen molar-refractivity contribution in [1.29, 1.82) is 0 Å². The average Bonchev–Trinajstić information content (AvgIpc) is 3.06. The Hall–Kier alpha value is -1.27. The monoisotopic (exact) mass is 352 g/mol. The molecule has 1 aliphatic heterocycles. The maximum absolute atomic E-state index is 12.4. The van der Waals surface area contributed by atoms with Gasteiger partial charge in [0.15, 0.2) is 5.78 Å². The maximum atomic E-state index is 12.4. The highest BCUT2D eigenvalue weighted by atomic mass is 79.9. The van der Waals surface area contributed by atoms with Crippen LogP contribution < -0.4 is 4.74 Å². The molecule has 0 fully saturated rings. The van der Waals surface area contributed by atoms with Crippen molar-refractivity contribution >= 4 is 33.2 Å². The van der Waals surface area contributed by atoms with Gasteiger partial charge >= 0.3 is 0 Å². The molecule has 0 atom stereocenters. The minimum atomic E-state index is 0.0626. The van der Waals surface area contributed by atoms with E-state index in [0.29, 0.717) is 17.9 Å². The van der Waals surface area contributed by atoms with Crippen molar-refractivity contribution in [2.75, 3.05) is 6.61 Å². The molecular formula is C14H13BrN2O2S. The first kappa shape index (κ1) is 13.7. The van der Waals surface area contributed by atoms with Gasteiger partial charge in [-0.1, -0.05) is 27.3 Å². The first-order valence-electron chi connectivity index (χ1n) is 6.47. The molecule has 0 bridgehead atoms. The fraction of sp³-hybridized carbons (Fsp3) is 0.357. The van der Waals surface area contributed by atoms with Gasteiger partial charge in [-0.25, -0.2) is 0 Å². The fourth-order valence-electron chi connectivity index (χ4n) is 2.38. The fourth-order valence-corrected chi connectivity index (χ4v) is 3.62. The lowest BCUT2D eigenvalue weighted by atomic mass is 10.0. The second-order valence-electron chi connectivity index (χ2n) is 4.65. The number of aryl methyl sites for hydroxylation is 1. The van der Waals surface area contributed by atoms with Crippen LogP contribution in [0.25, 0.3) is 0 Å². The van der Waals surface area contributed by atoms with Crippen LogP contribution in [0.2, 0.25) is 0 Å². The number of carbonyl (C=O) groups is 1. The van der Waals surface area contributed by atoms with Crippen LogP contribution in [0.3, 0.4) is 0 Å². The summed E-state index contributed by atoms with van der Waals surface area (Å²) < 4.78 is 10.5. The molecule has 1 aromatic carbocycles. The average molecular weight is 353 g/mol. The Kier molecular flexibility index (Phi) is 3.85. The van der Waals surface area contributed by atoms with Gasteiger partial charge in [0.05, 0.1) is 12.3 Å². The first-order valence-corrected chi connectivity index (χ1v) is 8.04. The molecule has 4 nitrogen and oxygen atoms in total. The van der Waals surface area contributed by atoms with Gasteiger partial charge in [0, 0.05) is 22.9 Å². The number of fused-ring (bicyclic) bond motifs is 1. The number of carbonyl (C=O) groups excluding carboxylic acids is 1. The molecule has 1 aliphatic rings. The number of nitrogens with zero attached hydrogens (tertiary/aromatic N) is 2. The van der Waals surface area contributed by atoms with Crippen molar-refractivity contribution < 1.29 is 9.53 Å². The molecule has 0 amide bonds. The predicted molar refractivity (Wildman–Crippen MR) is 80.7 cm³/mol. The number of Topliss-reactive ketones (excluding diaryl/α,β-unsaturated/α-hetero) is 1. The smallest absolute Gasteiger partial charge is 0.180 e. The second-order valence-corrected chi connectivity index (χ2v) is 6.32. The SMILES string of the molecule is CCc1nnsc1C(=O)Cc1cc(Br)cc2c1OCC2. The Labute approximate surface area is 129 Å². The number of halogens is 1. The zero-order valence-electron chi connectivity index (χ0n) is 11.0. The number of ether oxygens (including phenoxy) is 1. The van der Waals surface area contributed by atoms with Gasteiger partial charge in [0.2, 0.25) is 0 Å². The van der Waals surface area contributed by atoms with E-state index in [0.717, 1.165) is 34.3 Å². The van der Waals surface area contributed by atoms with Crippen LogP contribution >= 0.6 is 27.5 Å². The molecule has 0 saturated heterocycles.